The van der Waals surface area contributed by atoms with Crippen LogP contribution in [0.3, 0.4) is 0 Å². The van der Waals surface area contributed by atoms with Gasteiger partial charge < -0.3 is 9.32 Å². The smallest absolute Gasteiger partial charge is 0.197 e. The van der Waals surface area contributed by atoms with Crippen LogP contribution in [-0.4, -0.2) is 43.0 Å². The molecule has 4 heteroatoms. The zero-order valence-electron chi connectivity index (χ0n) is 11.8. The summed E-state index contributed by atoms with van der Waals surface area (Å²) in [6, 6.07) is 7.43. The van der Waals surface area contributed by atoms with Gasteiger partial charge in [0.1, 0.15) is 5.58 Å². The third kappa shape index (κ3) is 2.76. The molecule has 2 heterocycles. The first-order valence-electron chi connectivity index (χ1n) is 7.14. The quantitative estimate of drug-likeness (QED) is 0.837. The highest BCUT2D eigenvalue weighted by molar-refractivity contribution is 5.76. The molecule has 1 aromatic heterocycles. The van der Waals surface area contributed by atoms with E-state index >= 15 is 0 Å². The largest absolute Gasteiger partial charge is 0.464 e. The second-order valence-electron chi connectivity index (χ2n) is 5.52. The van der Waals surface area contributed by atoms with Crippen LogP contribution >= 0.6 is 0 Å². The van der Waals surface area contributed by atoms with Crippen molar-refractivity contribution in [3.05, 3.63) is 46.3 Å². The molecule has 0 amide bonds. The minimum absolute atomic E-state index is 0.101. The van der Waals surface area contributed by atoms with Gasteiger partial charge in [0.2, 0.25) is 0 Å². The van der Waals surface area contributed by atoms with E-state index in [-0.39, 0.29) is 5.43 Å². The van der Waals surface area contributed by atoms with Crippen molar-refractivity contribution in [1.82, 2.24) is 9.80 Å². The van der Waals surface area contributed by atoms with Gasteiger partial charge in [-0.25, -0.2) is 0 Å². The van der Waals surface area contributed by atoms with Crippen LogP contribution in [0, 0.1) is 0 Å². The van der Waals surface area contributed by atoms with Crippen LogP contribution < -0.4 is 5.43 Å². The van der Waals surface area contributed by atoms with Crippen molar-refractivity contribution >= 4 is 11.0 Å². The van der Waals surface area contributed by atoms with Crippen LogP contribution in [0.25, 0.3) is 11.0 Å². The molecule has 0 unspecified atom stereocenters. The van der Waals surface area contributed by atoms with E-state index in [2.05, 4.69) is 16.8 Å². The molecule has 106 valence electrons. The third-order valence-electron chi connectivity index (χ3n) is 3.96. The number of likely N-dealkylation sites (N-methyl/N-ethyl adjacent to an activating group) is 1. The first-order chi connectivity index (χ1) is 9.74. The summed E-state index contributed by atoms with van der Waals surface area (Å²) >= 11 is 0. The van der Waals surface area contributed by atoms with Crippen molar-refractivity contribution in [2.75, 3.05) is 33.2 Å². The Morgan fingerprint density at radius 1 is 1.15 bits per heavy atom. The van der Waals surface area contributed by atoms with Crippen LogP contribution in [0.15, 0.2) is 39.7 Å². The predicted molar refractivity (Wildman–Crippen MR) is 79.9 cm³/mol. The summed E-state index contributed by atoms with van der Waals surface area (Å²) in [4.78, 5) is 17.1. The van der Waals surface area contributed by atoms with Crippen molar-refractivity contribution in [1.29, 1.82) is 0 Å². The third-order valence-corrected chi connectivity index (χ3v) is 3.96. The first-order valence-corrected chi connectivity index (χ1v) is 7.14. The Bertz CT molecular complexity index is 650. The van der Waals surface area contributed by atoms with Crippen LogP contribution in [0.5, 0.6) is 0 Å². The maximum atomic E-state index is 12.5. The van der Waals surface area contributed by atoms with E-state index in [1.165, 1.54) is 0 Å². The maximum absolute atomic E-state index is 12.5. The van der Waals surface area contributed by atoms with Gasteiger partial charge in [0.25, 0.3) is 0 Å². The lowest BCUT2D eigenvalue weighted by atomic mass is 10.1. The van der Waals surface area contributed by atoms with E-state index in [0.717, 1.165) is 38.2 Å². The summed E-state index contributed by atoms with van der Waals surface area (Å²) in [6.45, 7) is 4.90. The minimum Gasteiger partial charge on any atom is -0.464 e. The van der Waals surface area contributed by atoms with Gasteiger partial charge >= 0.3 is 0 Å². The Kier molecular flexibility index (Phi) is 3.85. The number of rotatable bonds is 2. The Balaban J connectivity index is 1.84. The molecule has 0 aliphatic carbocycles. The van der Waals surface area contributed by atoms with E-state index in [1.807, 2.05) is 24.3 Å². The SMILES string of the molecule is CN1CCCN(Cc2coc3ccccc3c2=O)CC1. The van der Waals surface area contributed by atoms with Crippen LogP contribution in [-0.2, 0) is 6.54 Å². The second-order valence-corrected chi connectivity index (χ2v) is 5.52. The molecule has 1 aliphatic rings. The standard InChI is InChI=1S/C16H20N2O2/c1-17-7-4-8-18(10-9-17)11-13-12-20-15-6-3-2-5-14(15)16(13)19/h2-3,5-6,12H,4,7-11H2,1H3. The fourth-order valence-electron chi connectivity index (χ4n) is 2.73. The summed E-state index contributed by atoms with van der Waals surface area (Å²) in [5, 5.41) is 0.678. The number of hydrogen-bond donors (Lipinski definition) is 0. The highest BCUT2D eigenvalue weighted by Crippen LogP contribution is 2.12. The molecule has 0 bridgehead atoms. The maximum Gasteiger partial charge on any atom is 0.197 e. The molecule has 3 rings (SSSR count). The van der Waals surface area contributed by atoms with Gasteiger partial charge in [-0.2, -0.15) is 0 Å². The van der Waals surface area contributed by atoms with Crippen molar-refractivity contribution in [2.45, 2.75) is 13.0 Å². The average Bonchev–Trinajstić information content (AvgIpc) is 2.67. The normalized spacial score (nSPS) is 18.2. The van der Waals surface area contributed by atoms with Gasteiger partial charge in [0.05, 0.1) is 11.6 Å². The molecule has 1 fully saturated rings. The van der Waals surface area contributed by atoms with Crippen LogP contribution in [0.4, 0.5) is 0 Å². The highest BCUT2D eigenvalue weighted by Gasteiger charge is 2.15. The zero-order valence-corrected chi connectivity index (χ0v) is 11.8. The fraction of sp³-hybridized carbons (Fsp3) is 0.438. The van der Waals surface area contributed by atoms with Crippen molar-refractivity contribution in [3.63, 3.8) is 0 Å². The average molecular weight is 272 g/mol. The number of nitrogens with zero attached hydrogens (tertiary/aromatic N) is 2. The number of fused-ring (bicyclic) bond motifs is 1. The lowest BCUT2D eigenvalue weighted by molar-refractivity contribution is 0.267. The van der Waals surface area contributed by atoms with Gasteiger partial charge in [0.15, 0.2) is 5.43 Å². The van der Waals surface area contributed by atoms with E-state index in [0.29, 0.717) is 17.5 Å². The molecule has 2 aromatic rings. The van der Waals surface area contributed by atoms with E-state index in [4.69, 9.17) is 4.42 Å². The number of para-hydroxylation sites is 1. The first kappa shape index (κ1) is 13.3. The summed E-state index contributed by atoms with van der Waals surface area (Å²) in [6.07, 6.45) is 2.77. The van der Waals surface area contributed by atoms with Crippen LogP contribution in [0.1, 0.15) is 12.0 Å². The number of hydrogen-bond acceptors (Lipinski definition) is 4. The van der Waals surface area contributed by atoms with Gasteiger partial charge in [-0.05, 0) is 38.7 Å². The van der Waals surface area contributed by atoms with Gasteiger partial charge in [-0.3, -0.25) is 9.69 Å². The molecular weight excluding hydrogens is 252 g/mol. The summed E-state index contributed by atoms with van der Waals surface area (Å²) in [5.74, 6) is 0. The molecule has 0 radical (unpaired) electrons. The minimum atomic E-state index is 0.101. The molecule has 1 aliphatic heterocycles. The number of benzene rings is 1. The van der Waals surface area contributed by atoms with Gasteiger partial charge in [-0.1, -0.05) is 12.1 Å². The molecule has 0 spiro atoms. The molecule has 1 saturated heterocycles. The molecule has 20 heavy (non-hydrogen) atoms. The second kappa shape index (κ2) is 5.77. The van der Waals surface area contributed by atoms with Gasteiger partial charge in [0, 0.05) is 25.2 Å². The molecule has 0 N–H and O–H groups in total. The van der Waals surface area contributed by atoms with Crippen molar-refractivity contribution < 1.29 is 4.42 Å². The summed E-state index contributed by atoms with van der Waals surface area (Å²) in [7, 11) is 2.15. The summed E-state index contributed by atoms with van der Waals surface area (Å²) in [5.41, 5.74) is 1.52. The Labute approximate surface area is 118 Å². The van der Waals surface area contributed by atoms with Gasteiger partial charge in [-0.15, -0.1) is 0 Å². The summed E-state index contributed by atoms with van der Waals surface area (Å²) < 4.78 is 5.58. The monoisotopic (exact) mass is 272 g/mol. The van der Waals surface area contributed by atoms with Crippen LogP contribution in [0.2, 0.25) is 0 Å². The lowest BCUT2D eigenvalue weighted by Gasteiger charge is -2.19. The van der Waals surface area contributed by atoms with E-state index < -0.39 is 0 Å². The molecule has 0 atom stereocenters. The molecule has 0 saturated carbocycles. The Hall–Kier alpha value is -1.65. The highest BCUT2D eigenvalue weighted by atomic mass is 16.3. The Morgan fingerprint density at radius 2 is 2.00 bits per heavy atom. The van der Waals surface area contributed by atoms with E-state index in [9.17, 15) is 4.79 Å². The predicted octanol–water partition coefficient (Wildman–Crippen LogP) is 1.93. The molecule has 4 nitrogen and oxygen atoms in total. The molecular formula is C16H20N2O2. The topological polar surface area (TPSA) is 36.7 Å². The van der Waals surface area contributed by atoms with Crippen molar-refractivity contribution in [2.24, 2.45) is 0 Å². The van der Waals surface area contributed by atoms with E-state index in [1.54, 1.807) is 6.26 Å². The zero-order chi connectivity index (χ0) is 13.9. The lowest BCUT2D eigenvalue weighted by Crippen LogP contribution is -2.30. The van der Waals surface area contributed by atoms with Crippen molar-refractivity contribution in [3.8, 4) is 0 Å². The Morgan fingerprint density at radius 3 is 2.90 bits per heavy atom. The molecule has 1 aromatic carbocycles. The fourth-order valence-corrected chi connectivity index (χ4v) is 2.73.